The van der Waals surface area contributed by atoms with Gasteiger partial charge in [-0.1, -0.05) is 18.2 Å². The van der Waals surface area contributed by atoms with Gasteiger partial charge in [0.2, 0.25) is 5.91 Å². The quantitative estimate of drug-likeness (QED) is 0.483. The van der Waals surface area contributed by atoms with Gasteiger partial charge < -0.3 is 14.6 Å². The van der Waals surface area contributed by atoms with E-state index in [4.69, 9.17) is 4.74 Å². The number of rotatable bonds is 6. The van der Waals surface area contributed by atoms with Crippen LogP contribution in [0, 0.1) is 20.8 Å². The normalized spacial score (nSPS) is 11.1. The molecule has 0 radical (unpaired) electrons. The monoisotopic (exact) mass is 444 g/mol. The number of amides is 1. The number of nitrogens with one attached hydrogen (secondary N) is 1. The van der Waals surface area contributed by atoms with Crippen molar-refractivity contribution in [3.63, 3.8) is 0 Å². The number of aryl methyl sites for hydroxylation is 3. The number of fused-ring (bicyclic) bond motifs is 1. The molecule has 2 aromatic heterocycles. The van der Waals surface area contributed by atoms with E-state index in [0.29, 0.717) is 23.3 Å². The number of ether oxygens (including phenoxy) is 1. The van der Waals surface area contributed by atoms with Crippen molar-refractivity contribution < 1.29 is 9.53 Å². The predicted molar refractivity (Wildman–Crippen MR) is 130 cm³/mol. The Morgan fingerprint density at radius 3 is 2.48 bits per heavy atom. The van der Waals surface area contributed by atoms with Crippen molar-refractivity contribution in [3.8, 4) is 17.0 Å². The number of methoxy groups -OCH3 is 1. The Kier molecular flexibility index (Phi) is 6.05. The number of nitrogens with zero attached hydrogens (tertiary/aromatic N) is 3. The predicted octanol–water partition coefficient (Wildman–Crippen LogP) is 4.21. The Hall–Kier alpha value is -3.87. The van der Waals surface area contributed by atoms with Crippen LogP contribution in [0.5, 0.6) is 5.75 Å². The third-order valence-electron chi connectivity index (χ3n) is 5.90. The summed E-state index contributed by atoms with van der Waals surface area (Å²) in [5.74, 6) is 0.599. The summed E-state index contributed by atoms with van der Waals surface area (Å²) in [6, 6.07) is 15.4. The van der Waals surface area contributed by atoms with Crippen molar-refractivity contribution in [2.45, 2.75) is 33.6 Å². The molecule has 0 fully saturated rings. The van der Waals surface area contributed by atoms with Crippen LogP contribution in [0.2, 0.25) is 0 Å². The second-order valence-corrected chi connectivity index (χ2v) is 8.38. The van der Waals surface area contributed by atoms with Crippen molar-refractivity contribution in [2.24, 2.45) is 7.05 Å². The topological polar surface area (TPSA) is 77.6 Å². The third-order valence-corrected chi connectivity index (χ3v) is 5.90. The number of aromatic nitrogens is 3. The third kappa shape index (κ3) is 4.53. The van der Waals surface area contributed by atoms with E-state index in [2.05, 4.69) is 16.5 Å². The Balaban J connectivity index is 1.61. The van der Waals surface area contributed by atoms with E-state index in [1.165, 1.54) is 4.52 Å². The van der Waals surface area contributed by atoms with Crippen molar-refractivity contribution in [1.29, 1.82) is 0 Å². The molecule has 0 saturated carbocycles. The highest BCUT2D eigenvalue weighted by molar-refractivity contribution is 5.91. The van der Waals surface area contributed by atoms with Crippen molar-refractivity contribution in [3.05, 3.63) is 81.3 Å². The van der Waals surface area contributed by atoms with Gasteiger partial charge in [-0.3, -0.25) is 9.59 Å². The Labute approximate surface area is 192 Å². The summed E-state index contributed by atoms with van der Waals surface area (Å²) in [6.07, 6.45) is 0.540. The number of benzene rings is 2. The average Bonchev–Trinajstić information content (AvgIpc) is 3.23. The van der Waals surface area contributed by atoms with Crippen LogP contribution in [-0.4, -0.2) is 27.2 Å². The van der Waals surface area contributed by atoms with Gasteiger partial charge in [-0.25, -0.2) is 0 Å². The van der Waals surface area contributed by atoms with Crippen LogP contribution < -0.4 is 15.6 Å². The van der Waals surface area contributed by atoms with E-state index >= 15 is 0 Å². The lowest BCUT2D eigenvalue weighted by Crippen LogP contribution is -2.26. The van der Waals surface area contributed by atoms with Gasteiger partial charge in [0.1, 0.15) is 11.4 Å². The maximum Gasteiger partial charge on any atom is 0.277 e. The fourth-order valence-electron chi connectivity index (χ4n) is 4.14. The molecule has 1 N–H and O–H groups in total. The highest BCUT2D eigenvalue weighted by Crippen LogP contribution is 2.24. The summed E-state index contributed by atoms with van der Waals surface area (Å²) < 4.78 is 8.66. The van der Waals surface area contributed by atoms with Crippen LogP contribution in [-0.2, 0) is 18.3 Å². The molecule has 4 aromatic rings. The minimum Gasteiger partial charge on any atom is -0.497 e. The van der Waals surface area contributed by atoms with E-state index in [9.17, 15) is 9.59 Å². The minimum absolute atomic E-state index is 0.126. The first-order valence-corrected chi connectivity index (χ1v) is 10.9. The molecule has 0 saturated heterocycles. The molecule has 0 spiro atoms. The highest BCUT2D eigenvalue weighted by Gasteiger charge is 2.17. The van der Waals surface area contributed by atoms with Crippen LogP contribution in [0.15, 0.2) is 53.3 Å². The molecule has 0 bridgehead atoms. The van der Waals surface area contributed by atoms with Crippen molar-refractivity contribution in [1.82, 2.24) is 14.2 Å². The van der Waals surface area contributed by atoms with E-state index in [0.717, 1.165) is 33.8 Å². The average molecular weight is 445 g/mol. The number of carbonyl (C=O) groups excluding carboxylic acids is 1. The smallest absolute Gasteiger partial charge is 0.277 e. The fourth-order valence-corrected chi connectivity index (χ4v) is 4.14. The van der Waals surface area contributed by atoms with Gasteiger partial charge in [-0.15, -0.1) is 0 Å². The molecule has 33 heavy (non-hydrogen) atoms. The van der Waals surface area contributed by atoms with E-state index in [-0.39, 0.29) is 17.9 Å². The van der Waals surface area contributed by atoms with Gasteiger partial charge in [0.05, 0.1) is 12.8 Å². The van der Waals surface area contributed by atoms with Crippen molar-refractivity contribution in [2.75, 3.05) is 12.4 Å². The lowest BCUT2D eigenvalue weighted by molar-refractivity contribution is -0.116. The summed E-state index contributed by atoms with van der Waals surface area (Å²) in [5.41, 5.74) is 6.40. The first kappa shape index (κ1) is 22.3. The Morgan fingerprint density at radius 2 is 1.79 bits per heavy atom. The van der Waals surface area contributed by atoms with Gasteiger partial charge in [-0.05, 0) is 62.6 Å². The molecule has 4 rings (SSSR count). The molecule has 0 aliphatic carbocycles. The molecule has 0 aliphatic heterocycles. The van der Waals surface area contributed by atoms with Gasteiger partial charge in [-0.2, -0.15) is 9.61 Å². The molecule has 1 amide bonds. The van der Waals surface area contributed by atoms with Gasteiger partial charge in [0.25, 0.3) is 5.56 Å². The molecule has 0 unspecified atom stereocenters. The number of hydrogen-bond donors (Lipinski definition) is 1. The van der Waals surface area contributed by atoms with Crippen molar-refractivity contribution >= 4 is 17.2 Å². The first-order chi connectivity index (χ1) is 15.8. The number of hydrogen-bond acceptors (Lipinski definition) is 4. The molecule has 170 valence electrons. The summed E-state index contributed by atoms with van der Waals surface area (Å²) >= 11 is 0. The summed E-state index contributed by atoms with van der Waals surface area (Å²) in [5, 5.41) is 7.50. The maximum absolute atomic E-state index is 13.3. The van der Waals surface area contributed by atoms with Crippen LogP contribution in [0.3, 0.4) is 0 Å². The van der Waals surface area contributed by atoms with E-state index in [1.807, 2.05) is 74.9 Å². The van der Waals surface area contributed by atoms with E-state index < -0.39 is 0 Å². The summed E-state index contributed by atoms with van der Waals surface area (Å²) in [7, 11) is 3.52. The zero-order valence-corrected chi connectivity index (χ0v) is 19.6. The lowest BCUT2D eigenvalue weighted by Gasteiger charge is -2.12. The molecule has 0 atom stereocenters. The SMILES string of the molecule is COc1cccc(-c2cc3n(C)c(C)c(CCC(=O)Nc4cc(C)cc(C)c4)c(=O)n3n2)c1. The standard InChI is InChI=1S/C26H28N4O3/c1-16-11-17(2)13-20(12-16)27-24(31)10-9-22-18(3)29(4)25-15-23(28-30(25)26(22)32)19-7-6-8-21(14-19)33-5/h6-8,11-15H,9-10H2,1-5H3,(H,27,31). The van der Waals surface area contributed by atoms with Crippen LogP contribution >= 0.6 is 0 Å². The number of anilines is 1. The van der Waals surface area contributed by atoms with Crippen LogP contribution in [0.4, 0.5) is 5.69 Å². The fraction of sp³-hybridized carbons (Fsp3) is 0.269. The minimum atomic E-state index is -0.200. The highest BCUT2D eigenvalue weighted by atomic mass is 16.5. The largest absolute Gasteiger partial charge is 0.497 e. The van der Waals surface area contributed by atoms with E-state index in [1.54, 1.807) is 7.11 Å². The molecule has 7 nitrogen and oxygen atoms in total. The van der Waals surface area contributed by atoms with Gasteiger partial charge >= 0.3 is 0 Å². The van der Waals surface area contributed by atoms with Crippen LogP contribution in [0.1, 0.15) is 28.8 Å². The van der Waals surface area contributed by atoms with Gasteiger partial charge in [0, 0.05) is 42.0 Å². The first-order valence-electron chi connectivity index (χ1n) is 10.9. The van der Waals surface area contributed by atoms with Gasteiger partial charge in [0.15, 0.2) is 0 Å². The summed E-state index contributed by atoms with van der Waals surface area (Å²) in [4.78, 5) is 25.8. The molecular formula is C26H28N4O3. The zero-order chi connectivity index (χ0) is 23.7. The molecule has 7 heteroatoms. The Bertz CT molecular complexity index is 1400. The summed E-state index contributed by atoms with van der Waals surface area (Å²) in [6.45, 7) is 5.89. The number of carbonyl (C=O) groups is 1. The second kappa shape index (κ2) is 8.94. The maximum atomic E-state index is 13.3. The lowest BCUT2D eigenvalue weighted by atomic mass is 10.1. The zero-order valence-electron chi connectivity index (χ0n) is 19.6. The molecule has 2 heterocycles. The molecule has 2 aromatic carbocycles. The second-order valence-electron chi connectivity index (χ2n) is 8.38. The molecule has 0 aliphatic rings. The van der Waals surface area contributed by atoms with Crippen LogP contribution in [0.25, 0.3) is 16.9 Å². The molecular weight excluding hydrogens is 416 g/mol. The Morgan fingerprint density at radius 1 is 1.06 bits per heavy atom.